The second kappa shape index (κ2) is 6.28. The van der Waals surface area contributed by atoms with Crippen LogP contribution in [-0.4, -0.2) is 11.8 Å². The van der Waals surface area contributed by atoms with Crippen molar-refractivity contribution in [2.24, 2.45) is 0 Å². The van der Waals surface area contributed by atoms with Crippen molar-refractivity contribution in [1.82, 2.24) is 5.32 Å². The predicted octanol–water partition coefficient (Wildman–Crippen LogP) is 5.99. The number of rotatable bonds is 1. The van der Waals surface area contributed by atoms with Gasteiger partial charge < -0.3 is 0 Å². The fourth-order valence-corrected chi connectivity index (χ4v) is 4.15. The topological polar surface area (TPSA) is 46.2 Å². The number of amides is 2. The van der Waals surface area contributed by atoms with E-state index in [1.54, 1.807) is 6.07 Å². The first-order chi connectivity index (χ1) is 13.5. The molecule has 0 aliphatic carbocycles. The molecule has 4 rings (SSSR count). The van der Waals surface area contributed by atoms with Crippen LogP contribution in [0.25, 0.3) is 21.9 Å². The Morgan fingerprint density at radius 1 is 0.690 bits per heavy atom. The molecule has 1 N–H and O–H groups in total. The summed E-state index contributed by atoms with van der Waals surface area (Å²) in [5, 5.41) is 4.19. The fourth-order valence-electron chi connectivity index (χ4n) is 4.15. The zero-order valence-corrected chi connectivity index (χ0v) is 17.9. The van der Waals surface area contributed by atoms with Gasteiger partial charge in [-0.1, -0.05) is 84.0 Å². The molecule has 0 aromatic heterocycles. The van der Waals surface area contributed by atoms with Gasteiger partial charge in [-0.25, -0.2) is 0 Å². The minimum absolute atomic E-state index is 0.0113. The molecule has 0 saturated heterocycles. The van der Waals surface area contributed by atoms with Crippen LogP contribution in [0.5, 0.6) is 0 Å². The lowest BCUT2D eigenvalue weighted by Crippen LogP contribution is -2.35. The second-order valence-corrected chi connectivity index (χ2v) is 9.94. The van der Waals surface area contributed by atoms with E-state index in [4.69, 9.17) is 0 Å². The van der Waals surface area contributed by atoms with Crippen molar-refractivity contribution in [1.29, 1.82) is 0 Å². The monoisotopic (exact) mass is 385 g/mol. The molecular weight excluding hydrogens is 358 g/mol. The molecule has 1 aliphatic rings. The van der Waals surface area contributed by atoms with Crippen molar-refractivity contribution >= 4 is 22.6 Å². The Labute approximate surface area is 172 Å². The SMILES string of the molecule is CC(C)(C)c1ccc(C(C)(C)C)c(-c2ccc3cccc4c3c2C(=O)NC4=O)c1. The summed E-state index contributed by atoms with van der Waals surface area (Å²) >= 11 is 0. The number of imide groups is 1. The number of nitrogens with one attached hydrogen (secondary N) is 1. The van der Waals surface area contributed by atoms with E-state index in [-0.39, 0.29) is 22.6 Å². The van der Waals surface area contributed by atoms with Crippen LogP contribution in [0.4, 0.5) is 0 Å². The predicted molar refractivity (Wildman–Crippen MR) is 119 cm³/mol. The Morgan fingerprint density at radius 2 is 1.41 bits per heavy atom. The van der Waals surface area contributed by atoms with Gasteiger partial charge in [-0.2, -0.15) is 0 Å². The number of carbonyl (C=O) groups is 2. The highest BCUT2D eigenvalue weighted by Gasteiger charge is 2.30. The van der Waals surface area contributed by atoms with E-state index < -0.39 is 0 Å². The van der Waals surface area contributed by atoms with E-state index in [9.17, 15) is 9.59 Å². The first kappa shape index (κ1) is 19.4. The molecule has 3 heteroatoms. The van der Waals surface area contributed by atoms with Crippen LogP contribution in [0.3, 0.4) is 0 Å². The van der Waals surface area contributed by atoms with E-state index in [0.29, 0.717) is 11.1 Å². The van der Waals surface area contributed by atoms with Gasteiger partial charge in [0.15, 0.2) is 0 Å². The average Bonchev–Trinajstić information content (AvgIpc) is 2.63. The van der Waals surface area contributed by atoms with Crippen LogP contribution in [0.1, 0.15) is 73.4 Å². The lowest BCUT2D eigenvalue weighted by atomic mass is 9.76. The average molecular weight is 386 g/mol. The van der Waals surface area contributed by atoms with E-state index in [1.807, 2.05) is 24.3 Å². The largest absolute Gasteiger partial charge is 0.288 e. The van der Waals surface area contributed by atoms with Gasteiger partial charge in [0.2, 0.25) is 0 Å². The van der Waals surface area contributed by atoms with Crippen LogP contribution in [0.2, 0.25) is 0 Å². The highest BCUT2D eigenvalue weighted by atomic mass is 16.2. The van der Waals surface area contributed by atoms with Crippen molar-refractivity contribution in [3.63, 3.8) is 0 Å². The third kappa shape index (κ3) is 3.15. The molecule has 3 aromatic carbocycles. The molecule has 0 spiro atoms. The van der Waals surface area contributed by atoms with E-state index in [1.165, 1.54) is 11.1 Å². The Bertz CT molecular complexity index is 1170. The summed E-state index contributed by atoms with van der Waals surface area (Å²) in [6, 6.07) is 16.2. The van der Waals surface area contributed by atoms with Gasteiger partial charge in [0.05, 0.1) is 5.56 Å². The van der Waals surface area contributed by atoms with Crippen LogP contribution >= 0.6 is 0 Å². The minimum Gasteiger partial charge on any atom is -0.288 e. The van der Waals surface area contributed by atoms with Crippen LogP contribution < -0.4 is 5.32 Å². The summed E-state index contributed by atoms with van der Waals surface area (Å²) in [4.78, 5) is 25.4. The van der Waals surface area contributed by atoms with Crippen molar-refractivity contribution in [2.45, 2.75) is 52.4 Å². The summed E-state index contributed by atoms with van der Waals surface area (Å²) in [6.45, 7) is 13.1. The summed E-state index contributed by atoms with van der Waals surface area (Å²) in [6.07, 6.45) is 0. The first-order valence-electron chi connectivity index (χ1n) is 10.1. The van der Waals surface area contributed by atoms with Gasteiger partial charge in [0.25, 0.3) is 11.8 Å². The standard InChI is InChI=1S/C26H27NO2/c1-25(2,3)16-11-13-20(26(4,5)6)19(14-16)17-12-10-15-8-7-9-18-21(15)22(17)24(29)27-23(18)28/h7-14H,1-6H3,(H,27,28,29). The maximum Gasteiger partial charge on any atom is 0.259 e. The Balaban J connectivity index is 2.12. The molecule has 0 fully saturated rings. The molecule has 0 saturated carbocycles. The Hall–Kier alpha value is -2.94. The summed E-state index contributed by atoms with van der Waals surface area (Å²) in [7, 11) is 0. The third-order valence-electron chi connectivity index (χ3n) is 5.73. The van der Waals surface area contributed by atoms with Crippen LogP contribution in [-0.2, 0) is 10.8 Å². The molecule has 29 heavy (non-hydrogen) atoms. The van der Waals surface area contributed by atoms with Gasteiger partial charge in [-0.05, 0) is 44.5 Å². The molecule has 2 amide bonds. The van der Waals surface area contributed by atoms with E-state index >= 15 is 0 Å². The zero-order chi connectivity index (χ0) is 21.1. The lowest BCUT2D eigenvalue weighted by Gasteiger charge is -2.28. The molecule has 1 aliphatic heterocycles. The summed E-state index contributed by atoms with van der Waals surface area (Å²) < 4.78 is 0. The fraction of sp³-hybridized carbons (Fsp3) is 0.308. The van der Waals surface area contributed by atoms with E-state index in [2.05, 4.69) is 65.1 Å². The molecule has 0 atom stereocenters. The van der Waals surface area contributed by atoms with Crippen molar-refractivity contribution in [2.75, 3.05) is 0 Å². The summed E-state index contributed by atoms with van der Waals surface area (Å²) in [5.74, 6) is -0.653. The van der Waals surface area contributed by atoms with Crippen molar-refractivity contribution in [3.05, 3.63) is 70.8 Å². The van der Waals surface area contributed by atoms with Gasteiger partial charge in [-0.3, -0.25) is 14.9 Å². The highest BCUT2D eigenvalue weighted by Crippen LogP contribution is 2.41. The molecule has 3 aromatic rings. The normalized spacial score (nSPS) is 14.3. The smallest absolute Gasteiger partial charge is 0.259 e. The summed E-state index contributed by atoms with van der Waals surface area (Å²) in [5.41, 5.74) is 5.39. The molecule has 0 bridgehead atoms. The zero-order valence-electron chi connectivity index (χ0n) is 17.9. The van der Waals surface area contributed by atoms with Crippen LogP contribution in [0, 0.1) is 0 Å². The van der Waals surface area contributed by atoms with Crippen molar-refractivity contribution < 1.29 is 9.59 Å². The van der Waals surface area contributed by atoms with E-state index in [0.717, 1.165) is 21.9 Å². The van der Waals surface area contributed by atoms with Crippen LogP contribution in [0.15, 0.2) is 48.5 Å². The minimum atomic E-state index is -0.329. The second-order valence-electron chi connectivity index (χ2n) is 9.94. The van der Waals surface area contributed by atoms with Crippen molar-refractivity contribution in [3.8, 4) is 11.1 Å². The Morgan fingerprint density at radius 3 is 2.07 bits per heavy atom. The molecule has 0 unspecified atom stereocenters. The first-order valence-corrected chi connectivity index (χ1v) is 10.1. The van der Waals surface area contributed by atoms with Gasteiger partial charge >= 0.3 is 0 Å². The highest BCUT2D eigenvalue weighted by molar-refractivity contribution is 6.27. The maximum absolute atomic E-state index is 13.0. The third-order valence-corrected chi connectivity index (χ3v) is 5.73. The van der Waals surface area contributed by atoms with Gasteiger partial charge in [0.1, 0.15) is 0 Å². The number of benzene rings is 3. The molecule has 3 nitrogen and oxygen atoms in total. The number of hydrogen-bond acceptors (Lipinski definition) is 2. The molecule has 1 heterocycles. The Kier molecular flexibility index (Phi) is 4.20. The number of hydrogen-bond donors (Lipinski definition) is 1. The lowest BCUT2D eigenvalue weighted by molar-refractivity contribution is 0.0845. The molecular formula is C26H27NO2. The van der Waals surface area contributed by atoms with Gasteiger partial charge in [0, 0.05) is 10.9 Å². The number of carbonyl (C=O) groups excluding carboxylic acids is 2. The molecule has 0 radical (unpaired) electrons. The molecule has 148 valence electrons. The maximum atomic E-state index is 13.0. The van der Waals surface area contributed by atoms with Gasteiger partial charge in [-0.15, -0.1) is 0 Å². The quantitative estimate of drug-likeness (QED) is 0.523.